The first-order chi connectivity index (χ1) is 15.5. The molecule has 0 radical (unpaired) electrons. The van der Waals surface area contributed by atoms with Crippen LogP contribution in [0.2, 0.25) is 0 Å². The van der Waals surface area contributed by atoms with Gasteiger partial charge >= 0.3 is 12.1 Å². The van der Waals surface area contributed by atoms with Gasteiger partial charge in [0, 0.05) is 31.3 Å². The second-order valence-corrected chi connectivity index (χ2v) is 10.9. The summed E-state index contributed by atoms with van der Waals surface area (Å²) in [6.07, 6.45) is 0.799. The molecule has 1 saturated heterocycles. The summed E-state index contributed by atoms with van der Waals surface area (Å²) in [7, 11) is -2.43. The first-order valence-corrected chi connectivity index (χ1v) is 11.8. The number of alkyl carbamates (subject to hydrolysis) is 1. The number of hydrogen-bond acceptors (Lipinski definition) is 8. The largest absolute Gasteiger partial charge is 0.473 e. The number of amides is 1. The van der Waals surface area contributed by atoms with Gasteiger partial charge in [-0.15, -0.1) is 0 Å². The number of halogens is 1. The lowest BCUT2D eigenvalue weighted by Crippen LogP contribution is -2.34. The number of fused-ring (bicyclic) bond motifs is 1. The molecular weight excluding hydrogens is 457 g/mol. The van der Waals surface area contributed by atoms with Gasteiger partial charge in [0.1, 0.15) is 17.1 Å². The number of esters is 1. The molecule has 33 heavy (non-hydrogen) atoms. The lowest BCUT2D eigenvalue weighted by atomic mass is 10.2. The third kappa shape index (κ3) is 5.99. The Morgan fingerprint density at radius 1 is 1.27 bits per heavy atom. The van der Waals surface area contributed by atoms with E-state index < -0.39 is 21.7 Å². The second-order valence-electron chi connectivity index (χ2n) is 8.94. The van der Waals surface area contributed by atoms with Crippen LogP contribution in [-0.2, 0) is 24.3 Å². The van der Waals surface area contributed by atoms with Gasteiger partial charge in [-0.2, -0.15) is 4.31 Å². The summed E-state index contributed by atoms with van der Waals surface area (Å²) < 4.78 is 55.3. The molecule has 2 aliphatic rings. The Balaban J connectivity index is 1.50. The summed E-state index contributed by atoms with van der Waals surface area (Å²) in [4.78, 5) is 27.3. The number of nitrogens with zero attached hydrogens (tertiary/aromatic N) is 2. The lowest BCUT2D eigenvalue weighted by molar-refractivity contribution is -0.143. The van der Waals surface area contributed by atoms with Crippen molar-refractivity contribution < 1.29 is 36.6 Å². The van der Waals surface area contributed by atoms with Gasteiger partial charge in [-0.1, -0.05) is 0 Å². The number of pyridine rings is 1. The van der Waals surface area contributed by atoms with Crippen molar-refractivity contribution in [3.63, 3.8) is 0 Å². The molecule has 0 spiro atoms. The van der Waals surface area contributed by atoms with Crippen molar-refractivity contribution in [2.75, 3.05) is 33.4 Å². The molecule has 2 heterocycles. The standard InChI is InChI=1S/C21H28FN3O7S/c1-21(2,3)32-20(27)24-8-13(7-22)12-31-17-6-5-14(9-23-17)33(28,29)25-10-15-16(11-25)18(15)19(26)30-4/h5-7,9,15-16,18H,8,10-12H2,1-4H3,(H,24,27)/t15-,16+,18?. The van der Waals surface area contributed by atoms with Gasteiger partial charge in [0.15, 0.2) is 0 Å². The molecule has 12 heteroatoms. The molecule has 0 aromatic carbocycles. The number of sulfonamides is 1. The number of ether oxygens (including phenoxy) is 3. The zero-order valence-electron chi connectivity index (χ0n) is 18.9. The Hall–Kier alpha value is -2.73. The van der Waals surface area contributed by atoms with Crippen LogP contribution in [0.5, 0.6) is 5.88 Å². The van der Waals surface area contributed by atoms with E-state index in [1.807, 2.05) is 0 Å². The molecule has 10 nitrogen and oxygen atoms in total. The average Bonchev–Trinajstić information content (AvgIpc) is 3.24. The van der Waals surface area contributed by atoms with Crippen LogP contribution in [-0.4, -0.2) is 68.7 Å². The van der Waals surface area contributed by atoms with Crippen molar-refractivity contribution in [2.45, 2.75) is 31.3 Å². The Bertz CT molecular complexity index is 1010. The SMILES string of the molecule is COC(=O)C1[C@H]2CN(S(=O)(=O)c3ccc(OCC(=CF)CNC(=O)OC(C)(C)C)nc3)C[C@@H]12. The number of rotatable bonds is 8. The number of hydrogen-bond donors (Lipinski definition) is 1. The maximum Gasteiger partial charge on any atom is 0.407 e. The van der Waals surface area contributed by atoms with Gasteiger partial charge in [0.05, 0.1) is 25.6 Å². The van der Waals surface area contributed by atoms with Gasteiger partial charge in [-0.05, 0) is 38.7 Å². The number of carbonyl (C=O) groups excluding carboxylic acids is 2. The Morgan fingerprint density at radius 2 is 1.94 bits per heavy atom. The number of piperidine rings is 1. The Morgan fingerprint density at radius 3 is 2.45 bits per heavy atom. The molecule has 182 valence electrons. The van der Waals surface area contributed by atoms with Crippen LogP contribution >= 0.6 is 0 Å². The molecule has 2 fully saturated rings. The summed E-state index contributed by atoms with van der Waals surface area (Å²) in [5.74, 6) is -0.447. The van der Waals surface area contributed by atoms with Crippen molar-refractivity contribution >= 4 is 22.1 Å². The number of carbonyl (C=O) groups is 2. The highest BCUT2D eigenvalue weighted by Crippen LogP contribution is 2.53. The fourth-order valence-corrected chi connectivity index (χ4v) is 5.17. The summed E-state index contributed by atoms with van der Waals surface area (Å²) in [6, 6.07) is 2.73. The van der Waals surface area contributed by atoms with Crippen LogP contribution in [0.15, 0.2) is 35.1 Å². The Labute approximate surface area is 192 Å². The molecule has 1 aromatic heterocycles. The van der Waals surface area contributed by atoms with Crippen LogP contribution < -0.4 is 10.1 Å². The molecule has 1 aromatic rings. The van der Waals surface area contributed by atoms with Crippen molar-refractivity contribution in [1.82, 2.24) is 14.6 Å². The monoisotopic (exact) mass is 485 g/mol. The number of aromatic nitrogens is 1. The van der Waals surface area contributed by atoms with Crippen molar-refractivity contribution in [3.8, 4) is 5.88 Å². The molecule has 1 N–H and O–H groups in total. The topological polar surface area (TPSA) is 124 Å². The summed E-state index contributed by atoms with van der Waals surface area (Å²) >= 11 is 0. The van der Waals surface area contributed by atoms with Gasteiger partial charge < -0.3 is 19.5 Å². The first kappa shape index (κ1) is 24.9. The summed E-state index contributed by atoms with van der Waals surface area (Å²) in [5.41, 5.74) is -0.541. The highest BCUT2D eigenvalue weighted by molar-refractivity contribution is 7.89. The highest BCUT2D eigenvalue weighted by Gasteiger charge is 2.62. The molecule has 1 aliphatic carbocycles. The minimum Gasteiger partial charge on any atom is -0.473 e. The average molecular weight is 486 g/mol. The van der Waals surface area contributed by atoms with Crippen LogP contribution in [0, 0.1) is 17.8 Å². The third-order valence-electron chi connectivity index (χ3n) is 5.40. The van der Waals surface area contributed by atoms with Gasteiger partial charge in [0.25, 0.3) is 0 Å². The van der Waals surface area contributed by atoms with Crippen molar-refractivity contribution in [3.05, 3.63) is 30.2 Å². The summed E-state index contributed by atoms with van der Waals surface area (Å²) in [6.45, 7) is 5.34. The molecule has 1 amide bonds. The molecular formula is C21H28FN3O7S. The molecule has 1 unspecified atom stereocenters. The first-order valence-electron chi connectivity index (χ1n) is 10.4. The van der Waals surface area contributed by atoms with E-state index >= 15 is 0 Å². The van der Waals surface area contributed by atoms with Crippen LogP contribution in [0.3, 0.4) is 0 Å². The van der Waals surface area contributed by atoms with Gasteiger partial charge in [-0.25, -0.2) is 22.6 Å². The molecule has 3 atom stereocenters. The predicted octanol–water partition coefficient (Wildman–Crippen LogP) is 1.88. The van der Waals surface area contributed by atoms with E-state index in [1.165, 1.54) is 29.7 Å². The van der Waals surface area contributed by atoms with Crippen LogP contribution in [0.25, 0.3) is 0 Å². The van der Waals surface area contributed by atoms with Crippen LogP contribution in [0.1, 0.15) is 20.8 Å². The molecule has 3 rings (SSSR count). The molecule has 1 aliphatic heterocycles. The molecule has 0 bridgehead atoms. The second kappa shape index (κ2) is 9.64. The van der Waals surface area contributed by atoms with E-state index in [4.69, 9.17) is 14.2 Å². The van der Waals surface area contributed by atoms with E-state index in [2.05, 4.69) is 10.3 Å². The van der Waals surface area contributed by atoms with Gasteiger partial charge in [0.2, 0.25) is 15.9 Å². The van der Waals surface area contributed by atoms with E-state index in [1.54, 1.807) is 20.8 Å². The lowest BCUT2D eigenvalue weighted by Gasteiger charge is -2.20. The van der Waals surface area contributed by atoms with Crippen molar-refractivity contribution in [2.24, 2.45) is 17.8 Å². The van der Waals surface area contributed by atoms with Crippen molar-refractivity contribution in [1.29, 1.82) is 0 Å². The predicted molar refractivity (Wildman–Crippen MR) is 114 cm³/mol. The quantitative estimate of drug-likeness (QED) is 0.554. The van der Waals surface area contributed by atoms with Crippen LogP contribution in [0.4, 0.5) is 9.18 Å². The van der Waals surface area contributed by atoms with Gasteiger partial charge in [-0.3, -0.25) is 4.79 Å². The normalized spacial score (nSPS) is 22.9. The molecule has 1 saturated carbocycles. The maximum absolute atomic E-state index is 13.1. The highest BCUT2D eigenvalue weighted by atomic mass is 32.2. The summed E-state index contributed by atoms with van der Waals surface area (Å²) in [5, 5.41) is 2.42. The fraction of sp³-hybridized carbons (Fsp3) is 0.571. The van der Waals surface area contributed by atoms with E-state index in [9.17, 15) is 22.4 Å². The van der Waals surface area contributed by atoms with E-state index in [0.717, 1.165) is 0 Å². The minimum atomic E-state index is -3.75. The zero-order valence-corrected chi connectivity index (χ0v) is 19.7. The Kier molecular flexibility index (Phi) is 7.27. The van der Waals surface area contributed by atoms with E-state index in [0.29, 0.717) is 6.33 Å². The third-order valence-corrected chi connectivity index (χ3v) is 7.21. The smallest absolute Gasteiger partial charge is 0.407 e. The fourth-order valence-electron chi connectivity index (χ4n) is 3.71. The minimum absolute atomic E-state index is 0.00128. The maximum atomic E-state index is 13.1. The number of methoxy groups -OCH3 is 1. The number of nitrogens with one attached hydrogen (secondary N) is 1. The van der Waals surface area contributed by atoms with E-state index in [-0.39, 0.29) is 66.3 Å². The zero-order chi connectivity index (χ0) is 24.4.